The number of anilines is 1. The number of rotatable bonds is 4. The fourth-order valence-corrected chi connectivity index (χ4v) is 2.96. The van der Waals surface area contributed by atoms with Gasteiger partial charge in [0, 0.05) is 30.7 Å². The van der Waals surface area contributed by atoms with E-state index in [-0.39, 0.29) is 11.9 Å². The molecule has 1 aromatic heterocycles. The number of nitrogens with two attached hydrogens (primary N) is 1. The number of hydrogen-bond acceptors (Lipinski definition) is 5. The van der Waals surface area contributed by atoms with Gasteiger partial charge in [-0.25, -0.2) is 4.98 Å². The van der Waals surface area contributed by atoms with E-state index in [9.17, 15) is 4.79 Å². The lowest BCUT2D eigenvalue weighted by Gasteiger charge is -2.35. The molecule has 0 aromatic carbocycles. The summed E-state index contributed by atoms with van der Waals surface area (Å²) in [6.07, 6.45) is 2.69. The molecule has 2 rings (SSSR count). The zero-order valence-electron chi connectivity index (χ0n) is 10.8. The van der Waals surface area contributed by atoms with Crippen LogP contribution < -0.4 is 11.1 Å². The van der Waals surface area contributed by atoms with E-state index in [4.69, 9.17) is 5.73 Å². The number of thiazole rings is 1. The Hall–Kier alpha value is -1.14. The third-order valence-electron chi connectivity index (χ3n) is 3.07. The van der Waals surface area contributed by atoms with Crippen LogP contribution in [0.2, 0.25) is 0 Å². The van der Waals surface area contributed by atoms with Gasteiger partial charge in [-0.1, -0.05) is 13.8 Å². The molecule has 1 saturated heterocycles. The van der Waals surface area contributed by atoms with E-state index in [1.165, 1.54) is 11.3 Å². The zero-order valence-corrected chi connectivity index (χ0v) is 11.7. The van der Waals surface area contributed by atoms with E-state index in [0.717, 1.165) is 30.9 Å². The smallest absolute Gasteiger partial charge is 0.237 e. The van der Waals surface area contributed by atoms with Crippen molar-refractivity contribution < 1.29 is 4.79 Å². The van der Waals surface area contributed by atoms with Crippen LogP contribution in [0.15, 0.2) is 6.20 Å². The van der Waals surface area contributed by atoms with Gasteiger partial charge in [-0.3, -0.25) is 9.69 Å². The molecule has 1 unspecified atom stereocenters. The predicted molar refractivity (Wildman–Crippen MR) is 73.2 cm³/mol. The van der Waals surface area contributed by atoms with Crippen molar-refractivity contribution in [2.24, 2.45) is 5.92 Å². The van der Waals surface area contributed by atoms with Gasteiger partial charge in [0.05, 0.1) is 6.04 Å². The standard InChI is InChI=1S/C12H20N4OS/c1-8(2)5-10-11(17)14-3-4-16(10)7-9-6-15-12(13)18-9/h6,8,10H,3-5,7H2,1-2H3,(H2,13,15)(H,14,17). The molecule has 1 fully saturated rings. The highest BCUT2D eigenvalue weighted by Crippen LogP contribution is 2.21. The Kier molecular flexibility index (Phi) is 4.19. The van der Waals surface area contributed by atoms with Gasteiger partial charge in [0.1, 0.15) is 0 Å². The van der Waals surface area contributed by atoms with Crippen LogP contribution in [0.5, 0.6) is 0 Å². The van der Waals surface area contributed by atoms with Crippen molar-refractivity contribution in [2.45, 2.75) is 32.9 Å². The van der Waals surface area contributed by atoms with E-state index in [0.29, 0.717) is 11.0 Å². The van der Waals surface area contributed by atoms with Gasteiger partial charge in [-0.15, -0.1) is 11.3 Å². The first kappa shape index (κ1) is 13.3. The molecule has 0 radical (unpaired) electrons. The number of amides is 1. The molecule has 0 saturated carbocycles. The van der Waals surface area contributed by atoms with Gasteiger partial charge >= 0.3 is 0 Å². The summed E-state index contributed by atoms with van der Waals surface area (Å²) in [4.78, 5) is 19.4. The summed E-state index contributed by atoms with van der Waals surface area (Å²) >= 11 is 1.50. The van der Waals surface area contributed by atoms with Crippen LogP contribution >= 0.6 is 11.3 Å². The molecule has 1 aliphatic rings. The Bertz CT molecular complexity index is 418. The molecule has 100 valence electrons. The Morgan fingerprint density at radius 1 is 1.67 bits per heavy atom. The quantitative estimate of drug-likeness (QED) is 0.857. The van der Waals surface area contributed by atoms with Crippen molar-refractivity contribution in [1.29, 1.82) is 0 Å². The highest BCUT2D eigenvalue weighted by atomic mass is 32.1. The minimum Gasteiger partial charge on any atom is -0.375 e. The Morgan fingerprint density at radius 3 is 3.06 bits per heavy atom. The summed E-state index contributed by atoms with van der Waals surface area (Å²) in [5, 5.41) is 3.53. The van der Waals surface area contributed by atoms with E-state index in [1.54, 1.807) is 6.20 Å². The van der Waals surface area contributed by atoms with Crippen LogP contribution in [0.25, 0.3) is 0 Å². The van der Waals surface area contributed by atoms with Crippen LogP contribution in [-0.4, -0.2) is 34.9 Å². The molecule has 0 aliphatic carbocycles. The monoisotopic (exact) mass is 268 g/mol. The highest BCUT2D eigenvalue weighted by molar-refractivity contribution is 7.15. The highest BCUT2D eigenvalue weighted by Gasteiger charge is 2.30. The topological polar surface area (TPSA) is 71.2 Å². The van der Waals surface area contributed by atoms with Crippen LogP contribution in [0.4, 0.5) is 5.13 Å². The van der Waals surface area contributed by atoms with Gasteiger partial charge in [0.25, 0.3) is 0 Å². The van der Waals surface area contributed by atoms with E-state index < -0.39 is 0 Å². The summed E-state index contributed by atoms with van der Waals surface area (Å²) in [7, 11) is 0. The van der Waals surface area contributed by atoms with E-state index in [1.807, 2.05) is 0 Å². The minimum atomic E-state index is -0.0259. The maximum Gasteiger partial charge on any atom is 0.237 e. The summed E-state index contributed by atoms with van der Waals surface area (Å²) in [6, 6.07) is -0.0259. The van der Waals surface area contributed by atoms with Crippen molar-refractivity contribution in [1.82, 2.24) is 15.2 Å². The van der Waals surface area contributed by atoms with Crippen LogP contribution in [0.1, 0.15) is 25.1 Å². The maximum absolute atomic E-state index is 11.9. The molecular weight excluding hydrogens is 248 g/mol. The maximum atomic E-state index is 11.9. The normalized spacial score (nSPS) is 21.3. The van der Waals surface area contributed by atoms with Crippen molar-refractivity contribution in [2.75, 3.05) is 18.8 Å². The largest absolute Gasteiger partial charge is 0.375 e. The SMILES string of the molecule is CC(C)CC1C(=O)NCCN1Cc1cnc(N)s1. The first-order chi connectivity index (χ1) is 8.56. The fraction of sp³-hybridized carbons (Fsp3) is 0.667. The summed E-state index contributed by atoms with van der Waals surface area (Å²) in [6.45, 7) is 6.66. The van der Waals surface area contributed by atoms with E-state index in [2.05, 4.69) is 29.0 Å². The summed E-state index contributed by atoms with van der Waals surface area (Å²) in [5.74, 6) is 0.653. The lowest BCUT2D eigenvalue weighted by Crippen LogP contribution is -2.55. The molecule has 0 bridgehead atoms. The Morgan fingerprint density at radius 2 is 2.44 bits per heavy atom. The van der Waals surface area contributed by atoms with Gasteiger partial charge in [0.15, 0.2) is 5.13 Å². The second-order valence-electron chi connectivity index (χ2n) is 5.07. The molecule has 0 spiro atoms. The number of nitrogens with zero attached hydrogens (tertiary/aromatic N) is 2. The van der Waals surface area contributed by atoms with Crippen LogP contribution in [-0.2, 0) is 11.3 Å². The third kappa shape index (κ3) is 3.20. The second kappa shape index (κ2) is 5.67. The van der Waals surface area contributed by atoms with Crippen molar-refractivity contribution in [3.63, 3.8) is 0 Å². The average Bonchev–Trinajstić information content (AvgIpc) is 2.69. The summed E-state index contributed by atoms with van der Waals surface area (Å²) < 4.78 is 0. The molecule has 1 aromatic rings. The number of aromatic nitrogens is 1. The lowest BCUT2D eigenvalue weighted by atomic mass is 10.00. The van der Waals surface area contributed by atoms with Crippen molar-refractivity contribution in [3.05, 3.63) is 11.1 Å². The molecule has 1 amide bonds. The molecule has 6 heteroatoms. The lowest BCUT2D eigenvalue weighted by molar-refractivity contribution is -0.129. The predicted octanol–water partition coefficient (Wildman–Crippen LogP) is 1.07. The number of nitrogen functional groups attached to an aromatic ring is 1. The zero-order chi connectivity index (χ0) is 13.1. The number of carbonyl (C=O) groups excluding carboxylic acids is 1. The van der Waals surface area contributed by atoms with Gasteiger partial charge in [-0.2, -0.15) is 0 Å². The van der Waals surface area contributed by atoms with Crippen molar-refractivity contribution >= 4 is 22.4 Å². The fourth-order valence-electron chi connectivity index (χ4n) is 2.25. The second-order valence-corrected chi connectivity index (χ2v) is 6.22. The van der Waals surface area contributed by atoms with Crippen LogP contribution in [0.3, 0.4) is 0 Å². The molecule has 1 aliphatic heterocycles. The number of hydrogen-bond donors (Lipinski definition) is 2. The van der Waals surface area contributed by atoms with Crippen LogP contribution in [0, 0.1) is 5.92 Å². The Balaban J connectivity index is 2.05. The van der Waals surface area contributed by atoms with Gasteiger partial charge in [-0.05, 0) is 12.3 Å². The Labute approximate surface area is 111 Å². The molecule has 3 N–H and O–H groups in total. The van der Waals surface area contributed by atoms with E-state index >= 15 is 0 Å². The molecular formula is C12H20N4OS. The molecule has 18 heavy (non-hydrogen) atoms. The molecule has 5 nitrogen and oxygen atoms in total. The number of carbonyl (C=O) groups is 1. The number of piperazine rings is 1. The first-order valence-corrected chi connectivity index (χ1v) is 7.10. The summed E-state index contributed by atoms with van der Waals surface area (Å²) in [5.41, 5.74) is 5.64. The molecule has 2 heterocycles. The minimum absolute atomic E-state index is 0.0259. The first-order valence-electron chi connectivity index (χ1n) is 6.28. The van der Waals surface area contributed by atoms with Crippen molar-refractivity contribution in [3.8, 4) is 0 Å². The molecule has 1 atom stereocenters. The van der Waals surface area contributed by atoms with Gasteiger partial charge < -0.3 is 11.1 Å². The van der Waals surface area contributed by atoms with Gasteiger partial charge in [0.2, 0.25) is 5.91 Å². The third-order valence-corrected chi connectivity index (χ3v) is 3.88. The average molecular weight is 268 g/mol. The number of nitrogens with one attached hydrogen (secondary N) is 1.